The molecule has 1 fully saturated rings. The van der Waals surface area contributed by atoms with Crippen molar-refractivity contribution in [3.05, 3.63) is 53.4 Å². The minimum Gasteiger partial charge on any atom is -0.493 e. The zero-order chi connectivity index (χ0) is 21.6. The highest BCUT2D eigenvalue weighted by Gasteiger charge is 2.13. The summed E-state index contributed by atoms with van der Waals surface area (Å²) in [7, 11) is 1.60. The van der Waals surface area contributed by atoms with Gasteiger partial charge in [0.05, 0.1) is 38.1 Å². The predicted molar refractivity (Wildman–Crippen MR) is 120 cm³/mol. The number of anilines is 2. The molecule has 0 atom stereocenters. The van der Waals surface area contributed by atoms with Crippen LogP contribution in [0.2, 0.25) is 5.02 Å². The first-order valence-electron chi connectivity index (χ1n) is 10.3. The maximum atomic E-state index is 14.3. The van der Waals surface area contributed by atoms with Crippen LogP contribution in [0, 0.1) is 5.82 Å². The minimum absolute atomic E-state index is 0.334. The second kappa shape index (κ2) is 10.1. The molecule has 0 amide bonds. The Bertz CT molecular complexity index is 1040. The largest absolute Gasteiger partial charge is 0.493 e. The summed E-state index contributed by atoms with van der Waals surface area (Å²) in [5, 5.41) is 4.28. The van der Waals surface area contributed by atoms with E-state index < -0.39 is 5.82 Å². The fourth-order valence-corrected chi connectivity index (χ4v) is 3.72. The number of ether oxygens (including phenoxy) is 3. The Balaban J connectivity index is 1.52. The molecule has 0 aliphatic carbocycles. The van der Waals surface area contributed by atoms with E-state index in [9.17, 15) is 4.39 Å². The summed E-state index contributed by atoms with van der Waals surface area (Å²) >= 11 is 5.86. The molecule has 6 nitrogen and oxygen atoms in total. The molecule has 0 spiro atoms. The van der Waals surface area contributed by atoms with Gasteiger partial charge >= 0.3 is 0 Å². The van der Waals surface area contributed by atoms with Crippen molar-refractivity contribution >= 4 is 33.9 Å². The van der Waals surface area contributed by atoms with Crippen LogP contribution in [0.1, 0.15) is 6.42 Å². The Morgan fingerprint density at radius 1 is 1.13 bits per heavy atom. The van der Waals surface area contributed by atoms with Crippen molar-refractivity contribution in [2.45, 2.75) is 6.42 Å². The second-order valence-electron chi connectivity index (χ2n) is 7.28. The summed E-state index contributed by atoms with van der Waals surface area (Å²) in [6.45, 7) is 5.02. The molecule has 1 saturated heterocycles. The predicted octanol–water partition coefficient (Wildman–Crippen LogP) is 4.88. The normalized spacial score (nSPS) is 14.5. The smallest absolute Gasteiger partial charge is 0.162 e. The number of pyridine rings is 1. The number of nitrogens with zero attached hydrogens (tertiary/aromatic N) is 2. The van der Waals surface area contributed by atoms with Gasteiger partial charge in [0.15, 0.2) is 11.5 Å². The third-order valence-electron chi connectivity index (χ3n) is 5.21. The molecule has 8 heteroatoms. The molecule has 0 radical (unpaired) electrons. The Hall–Kier alpha value is -2.61. The van der Waals surface area contributed by atoms with Gasteiger partial charge in [-0.2, -0.15) is 0 Å². The average molecular weight is 446 g/mol. The van der Waals surface area contributed by atoms with E-state index in [1.807, 2.05) is 12.1 Å². The van der Waals surface area contributed by atoms with E-state index in [1.165, 1.54) is 6.07 Å². The van der Waals surface area contributed by atoms with E-state index >= 15 is 0 Å². The number of aromatic nitrogens is 1. The van der Waals surface area contributed by atoms with E-state index in [2.05, 4.69) is 15.2 Å². The Morgan fingerprint density at radius 3 is 2.74 bits per heavy atom. The highest BCUT2D eigenvalue weighted by molar-refractivity contribution is 6.30. The number of fused-ring (bicyclic) bond motifs is 1. The summed E-state index contributed by atoms with van der Waals surface area (Å²) in [5.41, 5.74) is 1.77. The molecule has 0 unspecified atom stereocenters. The van der Waals surface area contributed by atoms with Gasteiger partial charge in [-0.1, -0.05) is 11.6 Å². The van der Waals surface area contributed by atoms with Crippen molar-refractivity contribution in [2.24, 2.45) is 0 Å². The summed E-state index contributed by atoms with van der Waals surface area (Å²) < 4.78 is 31.2. The summed E-state index contributed by atoms with van der Waals surface area (Å²) in [6, 6.07) is 10.0. The first-order valence-corrected chi connectivity index (χ1v) is 10.6. The van der Waals surface area contributed by atoms with E-state index in [4.69, 9.17) is 25.8 Å². The molecule has 0 saturated carbocycles. The van der Waals surface area contributed by atoms with Gasteiger partial charge in [0.25, 0.3) is 0 Å². The summed E-state index contributed by atoms with van der Waals surface area (Å²) in [4.78, 5) is 6.79. The molecule has 1 N–H and O–H groups in total. The van der Waals surface area contributed by atoms with Crippen LogP contribution in [0.15, 0.2) is 42.6 Å². The average Bonchev–Trinajstić information content (AvgIpc) is 2.79. The molecule has 2 heterocycles. The molecule has 3 aromatic rings. The van der Waals surface area contributed by atoms with Crippen LogP contribution in [-0.4, -0.2) is 56.4 Å². The van der Waals surface area contributed by atoms with Crippen molar-refractivity contribution in [3.8, 4) is 11.5 Å². The highest BCUT2D eigenvalue weighted by Crippen LogP contribution is 2.36. The number of hydrogen-bond donors (Lipinski definition) is 1. The molecular formula is C23H25ClFN3O3. The van der Waals surface area contributed by atoms with E-state index in [0.717, 1.165) is 50.2 Å². The number of rotatable bonds is 8. The topological polar surface area (TPSA) is 55.8 Å². The van der Waals surface area contributed by atoms with Crippen LogP contribution < -0.4 is 14.8 Å². The number of hydrogen-bond acceptors (Lipinski definition) is 6. The lowest BCUT2D eigenvalue weighted by Gasteiger charge is -2.26. The van der Waals surface area contributed by atoms with Gasteiger partial charge < -0.3 is 19.5 Å². The van der Waals surface area contributed by atoms with Gasteiger partial charge in [-0.15, -0.1) is 0 Å². The van der Waals surface area contributed by atoms with Crippen molar-refractivity contribution in [1.82, 2.24) is 9.88 Å². The molecule has 31 heavy (non-hydrogen) atoms. The molecule has 1 aliphatic heterocycles. The van der Waals surface area contributed by atoms with Crippen LogP contribution in [0.4, 0.5) is 15.8 Å². The van der Waals surface area contributed by atoms with Gasteiger partial charge in [0.2, 0.25) is 0 Å². The molecule has 2 aromatic carbocycles. The van der Waals surface area contributed by atoms with E-state index in [-0.39, 0.29) is 0 Å². The van der Waals surface area contributed by atoms with Crippen LogP contribution in [0.5, 0.6) is 11.5 Å². The SMILES string of the molecule is COc1cc2nccc(Nc3ccc(Cl)cc3F)c2cc1OCCCN1CCOCC1. The van der Waals surface area contributed by atoms with Crippen molar-refractivity contribution < 1.29 is 18.6 Å². The number of morpholine rings is 1. The zero-order valence-electron chi connectivity index (χ0n) is 17.4. The van der Waals surface area contributed by atoms with E-state index in [1.54, 1.807) is 31.5 Å². The lowest BCUT2D eigenvalue weighted by atomic mass is 10.1. The second-order valence-corrected chi connectivity index (χ2v) is 7.72. The van der Waals surface area contributed by atoms with Crippen molar-refractivity contribution in [1.29, 1.82) is 0 Å². The quantitative estimate of drug-likeness (QED) is 0.499. The summed E-state index contributed by atoms with van der Waals surface area (Å²) in [5.74, 6) is 0.816. The molecule has 0 bridgehead atoms. The van der Waals surface area contributed by atoms with Crippen molar-refractivity contribution in [3.63, 3.8) is 0 Å². The number of benzene rings is 2. The monoisotopic (exact) mass is 445 g/mol. The van der Waals surface area contributed by atoms with Crippen LogP contribution >= 0.6 is 11.6 Å². The third kappa shape index (κ3) is 5.36. The first-order chi connectivity index (χ1) is 15.1. The lowest BCUT2D eigenvalue weighted by Crippen LogP contribution is -2.37. The van der Waals surface area contributed by atoms with Crippen LogP contribution in [-0.2, 0) is 4.74 Å². The Morgan fingerprint density at radius 2 is 1.97 bits per heavy atom. The van der Waals surface area contributed by atoms with Gasteiger partial charge in [-0.05, 0) is 36.8 Å². The first kappa shape index (κ1) is 21.6. The fourth-order valence-electron chi connectivity index (χ4n) is 3.57. The molecule has 1 aliphatic rings. The number of nitrogens with one attached hydrogen (secondary N) is 1. The standard InChI is InChI=1S/C23H25ClFN3O3/c1-29-22-15-21-17(14-23(22)31-10-2-7-28-8-11-30-12-9-28)19(5-6-26-21)27-20-4-3-16(24)13-18(20)25/h3-6,13-15H,2,7-12H2,1H3,(H,26,27). The Kier molecular flexibility index (Phi) is 7.06. The Labute approximate surface area is 185 Å². The van der Waals surface area contributed by atoms with Crippen molar-refractivity contribution in [2.75, 3.05) is 51.9 Å². The zero-order valence-corrected chi connectivity index (χ0v) is 18.1. The molecule has 4 rings (SSSR count). The lowest BCUT2D eigenvalue weighted by molar-refractivity contribution is 0.0357. The van der Waals surface area contributed by atoms with Gasteiger partial charge in [0, 0.05) is 48.0 Å². The number of methoxy groups -OCH3 is 1. The maximum Gasteiger partial charge on any atom is 0.162 e. The number of halogens is 2. The molecule has 164 valence electrons. The van der Waals surface area contributed by atoms with Crippen LogP contribution in [0.3, 0.4) is 0 Å². The van der Waals surface area contributed by atoms with E-state index in [0.29, 0.717) is 34.5 Å². The maximum absolute atomic E-state index is 14.3. The van der Waals surface area contributed by atoms with Crippen LogP contribution in [0.25, 0.3) is 10.9 Å². The van der Waals surface area contributed by atoms with Gasteiger partial charge in [-0.3, -0.25) is 9.88 Å². The molecular weight excluding hydrogens is 421 g/mol. The minimum atomic E-state index is -0.425. The van der Waals surface area contributed by atoms with Gasteiger partial charge in [-0.25, -0.2) is 4.39 Å². The molecule has 1 aromatic heterocycles. The summed E-state index contributed by atoms with van der Waals surface area (Å²) in [6.07, 6.45) is 2.57. The van der Waals surface area contributed by atoms with Gasteiger partial charge in [0.1, 0.15) is 5.82 Å². The highest BCUT2D eigenvalue weighted by atomic mass is 35.5. The fraction of sp³-hybridized carbons (Fsp3) is 0.348. The third-order valence-corrected chi connectivity index (χ3v) is 5.44.